The normalized spacial score (nSPS) is 20.3. The third kappa shape index (κ3) is 4.36. The zero-order valence-electron chi connectivity index (χ0n) is 19.6. The van der Waals surface area contributed by atoms with E-state index < -0.39 is 47.0 Å². The summed E-state index contributed by atoms with van der Waals surface area (Å²) in [4.78, 5) is 30.6. The van der Waals surface area contributed by atoms with E-state index in [4.69, 9.17) is 5.73 Å². The van der Waals surface area contributed by atoms with Crippen LogP contribution in [0.4, 0.5) is 27.8 Å². The van der Waals surface area contributed by atoms with Crippen LogP contribution in [0.25, 0.3) is 16.8 Å². The Morgan fingerprint density at radius 2 is 1.89 bits per heavy atom. The average Bonchev–Trinajstić information content (AvgIpc) is 3.36. The second-order valence-electron chi connectivity index (χ2n) is 9.44. The molecule has 37 heavy (non-hydrogen) atoms. The highest BCUT2D eigenvalue weighted by Crippen LogP contribution is 2.39. The van der Waals surface area contributed by atoms with E-state index in [0.717, 1.165) is 42.2 Å². The van der Waals surface area contributed by atoms with Gasteiger partial charge in [0.05, 0.1) is 23.8 Å². The molecule has 13 heteroatoms. The number of hydrogen-bond donors (Lipinski definition) is 2. The Morgan fingerprint density at radius 1 is 1.16 bits per heavy atom. The molecular formula is C24H23F5N6O2. The van der Waals surface area contributed by atoms with Crippen molar-refractivity contribution >= 4 is 23.1 Å². The van der Waals surface area contributed by atoms with Gasteiger partial charge in [0.25, 0.3) is 5.91 Å². The van der Waals surface area contributed by atoms with Crippen LogP contribution in [0, 0.1) is 18.7 Å². The Labute approximate surface area is 207 Å². The number of likely N-dealkylation sites (tertiary alicyclic amines) is 1. The molecule has 2 atom stereocenters. The Kier molecular flexibility index (Phi) is 6.03. The van der Waals surface area contributed by atoms with Crippen LogP contribution in [0.2, 0.25) is 0 Å². The van der Waals surface area contributed by atoms with Gasteiger partial charge in [0.2, 0.25) is 5.91 Å². The molecule has 0 spiro atoms. The maximum atomic E-state index is 14.9. The summed E-state index contributed by atoms with van der Waals surface area (Å²) >= 11 is 0. The molecule has 1 aliphatic heterocycles. The minimum absolute atomic E-state index is 0.0159. The summed E-state index contributed by atoms with van der Waals surface area (Å²) in [5, 5.41) is 6.36. The molecule has 1 saturated heterocycles. The lowest BCUT2D eigenvalue weighted by Crippen LogP contribution is -2.43. The molecule has 3 aromatic rings. The van der Waals surface area contributed by atoms with Gasteiger partial charge in [-0.05, 0) is 43.5 Å². The number of benzene rings is 1. The number of carbonyl (C=O) groups is 2. The molecule has 2 aromatic heterocycles. The number of amides is 2. The summed E-state index contributed by atoms with van der Waals surface area (Å²) in [7, 11) is 0. The monoisotopic (exact) mass is 522 g/mol. The maximum absolute atomic E-state index is 14.9. The van der Waals surface area contributed by atoms with E-state index in [-0.39, 0.29) is 47.3 Å². The third-order valence-corrected chi connectivity index (χ3v) is 7.10. The molecule has 1 aliphatic carbocycles. The molecule has 1 saturated carbocycles. The zero-order valence-corrected chi connectivity index (χ0v) is 19.6. The van der Waals surface area contributed by atoms with Crippen molar-refractivity contribution in [2.24, 2.45) is 5.92 Å². The van der Waals surface area contributed by atoms with Crippen LogP contribution in [0.5, 0.6) is 0 Å². The van der Waals surface area contributed by atoms with Gasteiger partial charge >= 0.3 is 6.18 Å². The Hall–Kier alpha value is -3.77. The second-order valence-corrected chi connectivity index (χ2v) is 9.44. The minimum atomic E-state index is -4.80. The Bertz CT molecular complexity index is 1400. The molecule has 2 aliphatic rings. The lowest BCUT2D eigenvalue weighted by molar-refractivity contribution is -0.137. The van der Waals surface area contributed by atoms with Crippen LogP contribution in [-0.2, 0) is 11.0 Å². The van der Waals surface area contributed by atoms with Gasteiger partial charge in [-0.3, -0.25) is 9.59 Å². The predicted molar refractivity (Wildman–Crippen MR) is 123 cm³/mol. The van der Waals surface area contributed by atoms with Crippen LogP contribution in [0.15, 0.2) is 24.5 Å². The van der Waals surface area contributed by atoms with Crippen molar-refractivity contribution in [1.29, 1.82) is 0 Å². The van der Waals surface area contributed by atoms with Crippen molar-refractivity contribution in [3.8, 4) is 11.3 Å². The maximum Gasteiger partial charge on any atom is 0.418 e. The number of rotatable bonds is 4. The quantitative estimate of drug-likeness (QED) is 0.510. The van der Waals surface area contributed by atoms with Gasteiger partial charge in [-0.1, -0.05) is 6.42 Å². The van der Waals surface area contributed by atoms with E-state index in [0.29, 0.717) is 0 Å². The summed E-state index contributed by atoms with van der Waals surface area (Å²) in [5.41, 5.74) is 3.58. The van der Waals surface area contributed by atoms with E-state index in [9.17, 15) is 31.5 Å². The number of halogens is 5. The van der Waals surface area contributed by atoms with E-state index in [1.807, 2.05) is 0 Å². The summed E-state index contributed by atoms with van der Waals surface area (Å²) < 4.78 is 71.5. The number of hydrogen-bond acceptors (Lipinski definition) is 5. The van der Waals surface area contributed by atoms with Crippen molar-refractivity contribution in [3.63, 3.8) is 0 Å². The zero-order chi connectivity index (χ0) is 26.6. The fraction of sp³-hybridized carbons (Fsp3) is 0.417. The number of nitrogen functional groups attached to an aromatic ring is 1. The summed E-state index contributed by atoms with van der Waals surface area (Å²) in [6.45, 7) is 1.17. The largest absolute Gasteiger partial charge is 0.418 e. The SMILES string of the molecule is Cc1c(F)cc(-c2cc(C(F)(F)F)c3c(N)ncnn23)cc1C(=O)N[C@@H]1CN(C(=O)C2CCC2)C[C@@H]1F. The molecular weight excluding hydrogens is 499 g/mol. The number of aromatic nitrogens is 3. The van der Waals surface area contributed by atoms with Gasteiger partial charge in [-0.25, -0.2) is 18.3 Å². The van der Waals surface area contributed by atoms with Crippen LogP contribution >= 0.6 is 0 Å². The molecule has 2 fully saturated rings. The highest BCUT2D eigenvalue weighted by atomic mass is 19.4. The number of nitrogens with two attached hydrogens (primary N) is 1. The first-order chi connectivity index (χ1) is 17.5. The van der Waals surface area contributed by atoms with E-state index >= 15 is 0 Å². The number of carbonyl (C=O) groups excluding carboxylic acids is 2. The molecule has 0 unspecified atom stereocenters. The van der Waals surface area contributed by atoms with E-state index in [2.05, 4.69) is 15.4 Å². The van der Waals surface area contributed by atoms with Crippen molar-refractivity contribution in [2.45, 2.75) is 44.6 Å². The number of alkyl halides is 4. The highest BCUT2D eigenvalue weighted by Gasteiger charge is 2.40. The van der Waals surface area contributed by atoms with Gasteiger partial charge in [0, 0.05) is 23.6 Å². The first-order valence-corrected chi connectivity index (χ1v) is 11.7. The fourth-order valence-electron chi connectivity index (χ4n) is 4.79. The van der Waals surface area contributed by atoms with Gasteiger partial charge in [0.15, 0.2) is 5.82 Å². The first kappa shape index (κ1) is 24.9. The van der Waals surface area contributed by atoms with E-state index in [1.165, 1.54) is 17.9 Å². The summed E-state index contributed by atoms with van der Waals surface area (Å²) in [6, 6.07) is 1.96. The second kappa shape index (κ2) is 8.96. The van der Waals surface area contributed by atoms with Crippen molar-refractivity contribution < 1.29 is 31.5 Å². The van der Waals surface area contributed by atoms with Crippen LogP contribution in [-0.4, -0.2) is 56.6 Å². The average molecular weight is 522 g/mol. The molecule has 2 amide bonds. The van der Waals surface area contributed by atoms with Gasteiger partial charge in [0.1, 0.15) is 23.8 Å². The molecule has 8 nitrogen and oxygen atoms in total. The van der Waals surface area contributed by atoms with Gasteiger partial charge in [-0.15, -0.1) is 0 Å². The molecule has 0 bridgehead atoms. The van der Waals surface area contributed by atoms with Crippen LogP contribution in [0.1, 0.15) is 40.7 Å². The lowest BCUT2D eigenvalue weighted by atomic mass is 9.84. The first-order valence-electron chi connectivity index (χ1n) is 11.7. The smallest absolute Gasteiger partial charge is 0.382 e. The van der Waals surface area contributed by atoms with Crippen molar-refractivity contribution in [1.82, 2.24) is 24.8 Å². The van der Waals surface area contributed by atoms with Crippen LogP contribution in [0.3, 0.4) is 0 Å². The van der Waals surface area contributed by atoms with Crippen molar-refractivity contribution in [2.75, 3.05) is 18.8 Å². The predicted octanol–water partition coefficient (Wildman–Crippen LogP) is 3.52. The fourth-order valence-corrected chi connectivity index (χ4v) is 4.79. The number of nitrogens with zero attached hydrogens (tertiary/aromatic N) is 4. The molecule has 3 N–H and O–H groups in total. The number of anilines is 1. The number of nitrogens with one attached hydrogen (secondary N) is 1. The lowest BCUT2D eigenvalue weighted by Gasteiger charge is -2.28. The minimum Gasteiger partial charge on any atom is -0.382 e. The van der Waals surface area contributed by atoms with Crippen LogP contribution < -0.4 is 11.1 Å². The van der Waals surface area contributed by atoms with Gasteiger partial charge < -0.3 is 16.0 Å². The molecule has 3 heterocycles. The van der Waals surface area contributed by atoms with E-state index in [1.54, 1.807) is 0 Å². The highest BCUT2D eigenvalue weighted by molar-refractivity contribution is 5.97. The third-order valence-electron chi connectivity index (χ3n) is 7.10. The Balaban J connectivity index is 1.46. The Morgan fingerprint density at radius 3 is 2.54 bits per heavy atom. The summed E-state index contributed by atoms with van der Waals surface area (Å²) in [6.07, 6.45) is -2.88. The molecule has 1 aromatic carbocycles. The molecule has 5 rings (SSSR count). The number of fused-ring (bicyclic) bond motifs is 1. The van der Waals surface area contributed by atoms with Gasteiger partial charge in [-0.2, -0.15) is 18.3 Å². The van der Waals surface area contributed by atoms with Crippen molar-refractivity contribution in [3.05, 3.63) is 47.0 Å². The standard InChI is InChI=1S/C24H23F5N6O2/c1-11-14(22(36)33-18-9-34(8-17(18)26)23(37)12-3-2-4-12)5-13(6-16(11)25)19-7-15(24(27,28)29)20-21(30)31-10-32-35(19)20/h5-7,10,12,17-18H,2-4,8-9H2,1H3,(H,33,36)(H2,30,31,32)/t17-,18+/m0/s1. The molecule has 196 valence electrons. The molecule has 0 radical (unpaired) electrons. The topological polar surface area (TPSA) is 106 Å². The summed E-state index contributed by atoms with van der Waals surface area (Å²) in [5.74, 6) is -2.34.